The summed E-state index contributed by atoms with van der Waals surface area (Å²) < 4.78 is 59.6. The van der Waals surface area contributed by atoms with Crippen LogP contribution in [0.4, 0.5) is 24.7 Å². The summed E-state index contributed by atoms with van der Waals surface area (Å²) in [5, 5.41) is 2.83. The summed E-state index contributed by atoms with van der Waals surface area (Å²) in [6.45, 7) is 0. The summed E-state index contributed by atoms with van der Waals surface area (Å²) in [4.78, 5) is 12.7. The van der Waals surface area contributed by atoms with Gasteiger partial charge in [-0.05, 0) is 18.2 Å². The number of methoxy groups -OCH3 is 3. The summed E-state index contributed by atoms with van der Waals surface area (Å²) in [6.07, 6.45) is -4.87. The number of ether oxygens (including phenoxy) is 4. The quantitative estimate of drug-likeness (QED) is 0.588. The van der Waals surface area contributed by atoms with Gasteiger partial charge in [0, 0.05) is 18.2 Å². The molecule has 0 atom stereocenters. The SMILES string of the molecule is COc1cc(-n2c(Nc3ccccc3OC(F)(F)F)cccc2=O)cc(OC)c1OC. The number of nitrogens with one attached hydrogen (secondary N) is 1. The first-order valence-corrected chi connectivity index (χ1v) is 8.91. The number of pyridine rings is 1. The maximum atomic E-state index is 12.8. The number of benzene rings is 2. The van der Waals surface area contributed by atoms with Crippen molar-refractivity contribution >= 4 is 11.5 Å². The van der Waals surface area contributed by atoms with Gasteiger partial charge in [-0.25, -0.2) is 0 Å². The van der Waals surface area contributed by atoms with Crippen molar-refractivity contribution in [2.24, 2.45) is 0 Å². The summed E-state index contributed by atoms with van der Waals surface area (Å²) in [5.74, 6) is 0.692. The molecule has 0 amide bonds. The third-order valence-corrected chi connectivity index (χ3v) is 4.24. The Kier molecular flexibility index (Phi) is 6.28. The van der Waals surface area contributed by atoms with Crippen LogP contribution >= 0.6 is 0 Å². The number of halogens is 3. The van der Waals surface area contributed by atoms with E-state index in [2.05, 4.69) is 10.1 Å². The van der Waals surface area contributed by atoms with E-state index in [1.54, 1.807) is 12.1 Å². The van der Waals surface area contributed by atoms with Crippen LogP contribution in [-0.2, 0) is 0 Å². The number of para-hydroxylation sites is 2. The maximum absolute atomic E-state index is 12.8. The molecule has 0 aliphatic heterocycles. The number of anilines is 2. The van der Waals surface area contributed by atoms with Gasteiger partial charge in [-0.3, -0.25) is 9.36 Å². The van der Waals surface area contributed by atoms with Gasteiger partial charge in [-0.1, -0.05) is 18.2 Å². The summed E-state index contributed by atoms with van der Waals surface area (Å²) >= 11 is 0. The van der Waals surface area contributed by atoms with Crippen LogP contribution in [0.2, 0.25) is 0 Å². The van der Waals surface area contributed by atoms with Gasteiger partial charge in [0.05, 0.1) is 32.7 Å². The first kappa shape index (κ1) is 21.9. The van der Waals surface area contributed by atoms with Crippen LogP contribution in [-0.4, -0.2) is 32.3 Å². The molecule has 1 N–H and O–H groups in total. The molecule has 0 saturated heterocycles. The number of hydrogen-bond acceptors (Lipinski definition) is 6. The van der Waals surface area contributed by atoms with Crippen molar-refractivity contribution in [1.82, 2.24) is 4.57 Å². The van der Waals surface area contributed by atoms with E-state index in [1.807, 2.05) is 0 Å². The van der Waals surface area contributed by atoms with Crippen LogP contribution in [0.25, 0.3) is 5.69 Å². The van der Waals surface area contributed by atoms with Gasteiger partial charge in [-0.15, -0.1) is 13.2 Å². The predicted molar refractivity (Wildman–Crippen MR) is 108 cm³/mol. The van der Waals surface area contributed by atoms with Crippen molar-refractivity contribution < 1.29 is 32.1 Å². The van der Waals surface area contributed by atoms with Crippen molar-refractivity contribution in [3.05, 3.63) is 65.0 Å². The van der Waals surface area contributed by atoms with Gasteiger partial charge in [0.2, 0.25) is 5.75 Å². The maximum Gasteiger partial charge on any atom is 0.573 e. The largest absolute Gasteiger partial charge is 0.573 e. The fourth-order valence-corrected chi connectivity index (χ4v) is 2.97. The molecule has 0 bridgehead atoms. The van der Waals surface area contributed by atoms with Gasteiger partial charge >= 0.3 is 6.36 Å². The molecule has 1 heterocycles. The molecule has 1 aromatic heterocycles. The van der Waals surface area contributed by atoms with Gasteiger partial charge < -0.3 is 24.3 Å². The Labute approximate surface area is 175 Å². The molecule has 3 aromatic rings. The van der Waals surface area contributed by atoms with Crippen molar-refractivity contribution in [3.63, 3.8) is 0 Å². The minimum absolute atomic E-state index is 0.0200. The number of hydrogen-bond donors (Lipinski definition) is 1. The molecule has 0 radical (unpaired) electrons. The van der Waals surface area contributed by atoms with Crippen molar-refractivity contribution in [3.8, 4) is 28.7 Å². The van der Waals surface area contributed by atoms with E-state index in [4.69, 9.17) is 14.2 Å². The molecule has 0 aliphatic carbocycles. The second kappa shape index (κ2) is 8.90. The highest BCUT2D eigenvalue weighted by atomic mass is 19.4. The zero-order valence-corrected chi connectivity index (χ0v) is 16.8. The third kappa shape index (κ3) is 4.85. The van der Waals surface area contributed by atoms with Gasteiger partial charge in [0.25, 0.3) is 5.56 Å². The molecular weight excluding hydrogens is 417 g/mol. The molecule has 0 unspecified atom stereocenters. The van der Waals surface area contributed by atoms with Crippen molar-refractivity contribution in [1.29, 1.82) is 0 Å². The highest BCUT2D eigenvalue weighted by Crippen LogP contribution is 2.40. The lowest BCUT2D eigenvalue weighted by atomic mass is 10.2. The summed E-state index contributed by atoms with van der Waals surface area (Å²) in [5.41, 5.74) is -0.0723. The lowest BCUT2D eigenvalue weighted by Gasteiger charge is -2.19. The fraction of sp³-hybridized carbons (Fsp3) is 0.190. The highest BCUT2D eigenvalue weighted by Gasteiger charge is 2.32. The monoisotopic (exact) mass is 436 g/mol. The van der Waals surface area contributed by atoms with Crippen molar-refractivity contribution in [2.45, 2.75) is 6.36 Å². The smallest absolute Gasteiger partial charge is 0.493 e. The van der Waals surface area contributed by atoms with E-state index < -0.39 is 17.7 Å². The summed E-state index contributed by atoms with van der Waals surface area (Å²) in [7, 11) is 4.30. The Morgan fingerprint density at radius 1 is 0.839 bits per heavy atom. The Balaban J connectivity index is 2.13. The number of nitrogens with zero attached hydrogens (tertiary/aromatic N) is 1. The van der Waals surface area contributed by atoms with E-state index in [0.717, 1.165) is 0 Å². The summed E-state index contributed by atoms with van der Waals surface area (Å²) in [6, 6.07) is 12.9. The zero-order valence-electron chi connectivity index (χ0n) is 16.8. The molecule has 31 heavy (non-hydrogen) atoms. The van der Waals surface area contributed by atoms with Crippen molar-refractivity contribution in [2.75, 3.05) is 26.6 Å². The highest BCUT2D eigenvalue weighted by molar-refractivity contribution is 5.67. The standard InChI is InChI=1S/C21H19F3N2O5/c1-28-16-11-13(12-17(29-2)20(16)30-3)26-18(9-6-10-19(26)27)25-14-7-4-5-8-15(14)31-21(22,23)24/h4-12,25H,1-3H3. The van der Waals surface area contributed by atoms with Gasteiger partial charge in [0.15, 0.2) is 17.2 Å². The normalized spacial score (nSPS) is 11.0. The minimum Gasteiger partial charge on any atom is -0.493 e. The molecule has 3 rings (SSSR count). The minimum atomic E-state index is -4.87. The molecule has 10 heteroatoms. The average molecular weight is 436 g/mol. The van der Waals surface area contributed by atoms with Crippen LogP contribution in [0, 0.1) is 0 Å². The number of aromatic nitrogens is 1. The van der Waals surface area contributed by atoms with Crippen LogP contribution in [0.3, 0.4) is 0 Å². The number of rotatable bonds is 7. The first-order valence-electron chi connectivity index (χ1n) is 8.91. The van der Waals surface area contributed by atoms with Gasteiger partial charge in [-0.2, -0.15) is 0 Å². The van der Waals surface area contributed by atoms with Crippen LogP contribution in [0.1, 0.15) is 0 Å². The molecule has 0 spiro atoms. The lowest BCUT2D eigenvalue weighted by Crippen LogP contribution is -2.21. The van der Waals surface area contributed by atoms with Crippen LogP contribution in [0.5, 0.6) is 23.0 Å². The fourth-order valence-electron chi connectivity index (χ4n) is 2.97. The van der Waals surface area contributed by atoms with E-state index >= 15 is 0 Å². The molecule has 0 aliphatic rings. The molecule has 0 saturated carbocycles. The van der Waals surface area contributed by atoms with E-state index in [0.29, 0.717) is 22.9 Å². The Morgan fingerprint density at radius 3 is 2.06 bits per heavy atom. The molecule has 164 valence electrons. The predicted octanol–water partition coefficient (Wildman–Crippen LogP) is 4.51. The van der Waals surface area contributed by atoms with E-state index in [1.165, 1.54) is 68.4 Å². The van der Waals surface area contributed by atoms with E-state index in [-0.39, 0.29) is 11.5 Å². The first-order chi connectivity index (χ1) is 14.8. The Bertz CT molecular complexity index is 1100. The second-order valence-corrected chi connectivity index (χ2v) is 6.14. The topological polar surface area (TPSA) is 71.0 Å². The van der Waals surface area contributed by atoms with E-state index in [9.17, 15) is 18.0 Å². The Hall–Kier alpha value is -3.82. The van der Waals surface area contributed by atoms with Gasteiger partial charge in [0.1, 0.15) is 5.82 Å². The zero-order chi connectivity index (χ0) is 22.6. The molecule has 2 aromatic carbocycles. The Morgan fingerprint density at radius 2 is 1.48 bits per heavy atom. The number of alkyl halides is 3. The molecular formula is C21H19F3N2O5. The third-order valence-electron chi connectivity index (χ3n) is 4.24. The second-order valence-electron chi connectivity index (χ2n) is 6.14. The lowest BCUT2D eigenvalue weighted by molar-refractivity contribution is -0.274. The average Bonchev–Trinajstić information content (AvgIpc) is 2.73. The van der Waals surface area contributed by atoms with Crippen LogP contribution < -0.4 is 29.8 Å². The molecule has 0 fully saturated rings. The molecule has 7 nitrogen and oxygen atoms in total. The van der Waals surface area contributed by atoms with Crippen LogP contribution in [0.15, 0.2) is 59.4 Å².